The summed E-state index contributed by atoms with van der Waals surface area (Å²) in [7, 11) is 1.67. The third-order valence-electron chi connectivity index (χ3n) is 5.94. The zero-order chi connectivity index (χ0) is 24.1. The Bertz CT molecular complexity index is 1730. The normalized spacial score (nSPS) is 11.3. The van der Waals surface area contributed by atoms with E-state index in [-0.39, 0.29) is 23.2 Å². The van der Waals surface area contributed by atoms with Crippen LogP contribution in [0.15, 0.2) is 41.5 Å². The summed E-state index contributed by atoms with van der Waals surface area (Å²) < 4.78 is 17.3. The van der Waals surface area contributed by atoms with Gasteiger partial charge in [-0.2, -0.15) is 15.5 Å². The second kappa shape index (κ2) is 8.02. The highest BCUT2D eigenvalue weighted by atomic mass is 35.5. The molecule has 168 valence electrons. The first kappa shape index (κ1) is 21.7. The number of nitrogens with one attached hydrogen (secondary N) is 1. The molecule has 3 heterocycles. The molecular weight excluding hydrogens is 457 g/mol. The quantitative estimate of drug-likeness (QED) is 0.408. The molecule has 0 spiro atoms. The van der Waals surface area contributed by atoms with Gasteiger partial charge < -0.3 is 5.73 Å². The van der Waals surface area contributed by atoms with Crippen molar-refractivity contribution in [3.8, 4) is 28.5 Å². The van der Waals surface area contributed by atoms with Gasteiger partial charge in [-0.25, -0.2) is 9.49 Å². The van der Waals surface area contributed by atoms with Crippen LogP contribution in [0.1, 0.15) is 16.8 Å². The molecule has 0 saturated carbocycles. The molecule has 8 nitrogen and oxygen atoms in total. The standard InChI is InChI=1S/C24H17ClFN7O/c1-11-21(26)20(17(7-27)16-6-13(25)9-29-22(11)16)23-18(10-30-33(23)2)12-3-4-14-15(5-12)19(8-28)31-32-24(14)34/h3-6,9-10H,8,28H2,1-2H3,(H,32,34). The molecule has 0 saturated heterocycles. The van der Waals surface area contributed by atoms with Gasteiger partial charge in [0, 0.05) is 41.7 Å². The number of hydrogen-bond acceptors (Lipinski definition) is 6. The van der Waals surface area contributed by atoms with Crippen molar-refractivity contribution in [1.29, 1.82) is 5.26 Å². The maximum atomic E-state index is 15.8. The van der Waals surface area contributed by atoms with Crippen LogP contribution in [0, 0.1) is 24.1 Å². The first-order valence-corrected chi connectivity index (χ1v) is 10.6. The van der Waals surface area contributed by atoms with Gasteiger partial charge in [-0.3, -0.25) is 14.5 Å². The van der Waals surface area contributed by atoms with Crippen molar-refractivity contribution in [1.82, 2.24) is 25.0 Å². The van der Waals surface area contributed by atoms with E-state index < -0.39 is 5.82 Å². The molecule has 0 amide bonds. The lowest BCUT2D eigenvalue weighted by atomic mass is 9.92. The number of halogens is 2. The molecule has 0 bridgehead atoms. The fraction of sp³-hybridized carbons (Fsp3) is 0.125. The molecule has 5 aromatic rings. The molecule has 5 rings (SSSR count). The third kappa shape index (κ3) is 3.15. The van der Waals surface area contributed by atoms with Crippen molar-refractivity contribution in [3.05, 3.63) is 74.7 Å². The zero-order valence-electron chi connectivity index (χ0n) is 18.1. The second-order valence-corrected chi connectivity index (χ2v) is 8.28. The molecule has 10 heteroatoms. The van der Waals surface area contributed by atoms with Crippen LogP contribution in [0.25, 0.3) is 44.1 Å². The molecular formula is C24H17ClFN7O. The lowest BCUT2D eigenvalue weighted by Crippen LogP contribution is -2.13. The van der Waals surface area contributed by atoms with E-state index in [1.165, 1.54) is 10.9 Å². The Kier molecular flexibility index (Phi) is 5.12. The summed E-state index contributed by atoms with van der Waals surface area (Å²) in [5.74, 6) is -0.565. The molecule has 0 fully saturated rings. The predicted molar refractivity (Wildman–Crippen MR) is 128 cm³/mol. The van der Waals surface area contributed by atoms with Crippen molar-refractivity contribution < 1.29 is 4.39 Å². The zero-order valence-corrected chi connectivity index (χ0v) is 18.9. The summed E-state index contributed by atoms with van der Waals surface area (Å²) in [6, 6.07) is 8.92. The van der Waals surface area contributed by atoms with E-state index in [9.17, 15) is 10.1 Å². The van der Waals surface area contributed by atoms with Gasteiger partial charge in [0.15, 0.2) is 0 Å². The van der Waals surface area contributed by atoms with Crippen LogP contribution in [0.5, 0.6) is 0 Å². The van der Waals surface area contributed by atoms with Crippen molar-refractivity contribution in [2.75, 3.05) is 0 Å². The van der Waals surface area contributed by atoms with Crippen molar-refractivity contribution in [2.24, 2.45) is 12.8 Å². The number of nitrogens with two attached hydrogens (primary N) is 1. The predicted octanol–water partition coefficient (Wildman–Crippen LogP) is 3.97. The number of rotatable bonds is 3. The number of pyridine rings is 1. The van der Waals surface area contributed by atoms with E-state index in [0.29, 0.717) is 54.8 Å². The first-order chi connectivity index (χ1) is 16.3. The van der Waals surface area contributed by atoms with Gasteiger partial charge in [0.1, 0.15) is 11.9 Å². The largest absolute Gasteiger partial charge is 0.325 e. The second-order valence-electron chi connectivity index (χ2n) is 7.84. The summed E-state index contributed by atoms with van der Waals surface area (Å²) >= 11 is 6.14. The average Bonchev–Trinajstić information content (AvgIpc) is 3.22. The Morgan fingerprint density at radius 2 is 2.03 bits per heavy atom. The number of hydrogen-bond donors (Lipinski definition) is 2. The van der Waals surface area contributed by atoms with E-state index >= 15 is 4.39 Å². The van der Waals surface area contributed by atoms with Gasteiger partial charge in [0.05, 0.1) is 44.6 Å². The monoisotopic (exact) mass is 473 g/mol. The number of nitriles is 1. The smallest absolute Gasteiger partial charge is 0.272 e. The molecule has 0 aliphatic rings. The molecule has 0 atom stereocenters. The molecule has 0 aliphatic heterocycles. The van der Waals surface area contributed by atoms with E-state index in [1.54, 1.807) is 44.4 Å². The minimum atomic E-state index is -0.565. The third-order valence-corrected chi connectivity index (χ3v) is 6.14. The molecule has 3 N–H and O–H groups in total. The van der Waals surface area contributed by atoms with Gasteiger partial charge >= 0.3 is 0 Å². The molecule has 2 aromatic carbocycles. The van der Waals surface area contributed by atoms with Crippen LogP contribution >= 0.6 is 11.6 Å². The number of aryl methyl sites for hydroxylation is 2. The van der Waals surface area contributed by atoms with E-state index in [4.69, 9.17) is 17.3 Å². The molecule has 0 aliphatic carbocycles. The summed E-state index contributed by atoms with van der Waals surface area (Å²) in [4.78, 5) is 16.5. The van der Waals surface area contributed by atoms with Crippen LogP contribution in [0.3, 0.4) is 0 Å². The number of aromatic amines is 1. The number of H-pyrrole nitrogens is 1. The summed E-state index contributed by atoms with van der Waals surface area (Å²) in [6.45, 7) is 1.74. The minimum Gasteiger partial charge on any atom is -0.325 e. The highest BCUT2D eigenvalue weighted by Gasteiger charge is 2.25. The van der Waals surface area contributed by atoms with Crippen LogP contribution in [0.2, 0.25) is 5.02 Å². The topological polar surface area (TPSA) is 126 Å². The fourth-order valence-electron chi connectivity index (χ4n) is 4.29. The van der Waals surface area contributed by atoms with Gasteiger partial charge in [0.25, 0.3) is 5.56 Å². The molecule has 0 radical (unpaired) electrons. The van der Waals surface area contributed by atoms with Gasteiger partial charge in [-0.05, 0) is 30.7 Å². The minimum absolute atomic E-state index is 0.106. The highest BCUT2D eigenvalue weighted by Crippen LogP contribution is 2.40. The maximum Gasteiger partial charge on any atom is 0.272 e. The Labute approximate surface area is 197 Å². The van der Waals surface area contributed by atoms with E-state index in [2.05, 4.69) is 26.3 Å². The van der Waals surface area contributed by atoms with Crippen molar-refractivity contribution in [2.45, 2.75) is 13.5 Å². The van der Waals surface area contributed by atoms with Gasteiger partial charge in [0.2, 0.25) is 0 Å². The molecule has 34 heavy (non-hydrogen) atoms. The van der Waals surface area contributed by atoms with E-state index in [0.717, 1.165) is 0 Å². The Morgan fingerprint density at radius 3 is 2.76 bits per heavy atom. The first-order valence-electron chi connectivity index (χ1n) is 10.3. The van der Waals surface area contributed by atoms with Gasteiger partial charge in [-0.15, -0.1) is 0 Å². The fourth-order valence-corrected chi connectivity index (χ4v) is 4.45. The SMILES string of the molecule is Cc1c(F)c(-c2c(-c3ccc4c(=O)[nH]nc(CN)c4c3)cnn2C)c(C#N)c2cc(Cl)cnc12. The number of nitrogens with zero attached hydrogens (tertiary/aromatic N) is 5. The number of benzene rings is 2. The number of fused-ring (bicyclic) bond motifs is 2. The number of aromatic nitrogens is 5. The average molecular weight is 474 g/mol. The van der Waals surface area contributed by atoms with Gasteiger partial charge in [-0.1, -0.05) is 17.7 Å². The molecule has 0 unspecified atom stereocenters. The van der Waals surface area contributed by atoms with Crippen LogP contribution in [-0.2, 0) is 13.6 Å². The van der Waals surface area contributed by atoms with Crippen LogP contribution < -0.4 is 11.3 Å². The van der Waals surface area contributed by atoms with Crippen LogP contribution in [0.4, 0.5) is 4.39 Å². The lowest BCUT2D eigenvalue weighted by Gasteiger charge is -2.15. The Morgan fingerprint density at radius 1 is 1.24 bits per heavy atom. The maximum absolute atomic E-state index is 15.8. The Hall–Kier alpha value is -4.13. The van der Waals surface area contributed by atoms with Crippen molar-refractivity contribution >= 4 is 33.3 Å². The van der Waals surface area contributed by atoms with Crippen molar-refractivity contribution in [3.63, 3.8) is 0 Å². The summed E-state index contributed by atoms with van der Waals surface area (Å²) in [5.41, 5.74) is 8.54. The lowest BCUT2D eigenvalue weighted by molar-refractivity contribution is 0.620. The van der Waals surface area contributed by atoms with E-state index in [1.807, 2.05) is 0 Å². The summed E-state index contributed by atoms with van der Waals surface area (Å²) in [6.07, 6.45) is 3.02. The Balaban J connectivity index is 1.86. The molecule has 3 aromatic heterocycles. The summed E-state index contributed by atoms with van der Waals surface area (Å²) in [5, 5.41) is 22.7. The van der Waals surface area contributed by atoms with Crippen LogP contribution in [-0.4, -0.2) is 25.0 Å². The highest BCUT2D eigenvalue weighted by molar-refractivity contribution is 6.31.